The molecule has 0 spiro atoms. The summed E-state index contributed by atoms with van der Waals surface area (Å²) in [6.07, 6.45) is 1.84. The summed E-state index contributed by atoms with van der Waals surface area (Å²) in [6.45, 7) is 0.734. The molecule has 2 heterocycles. The predicted molar refractivity (Wildman–Crippen MR) is 100 cm³/mol. The number of carbonyl (C=O) groups is 5. The van der Waals surface area contributed by atoms with E-state index in [1.165, 1.54) is 0 Å². The zero-order chi connectivity index (χ0) is 21.0. The summed E-state index contributed by atoms with van der Waals surface area (Å²) in [4.78, 5) is 62.2. The van der Waals surface area contributed by atoms with Crippen LogP contribution in [0.4, 0.5) is 4.79 Å². The molecule has 9 heteroatoms. The van der Waals surface area contributed by atoms with E-state index in [0.717, 1.165) is 15.4 Å². The molecule has 1 atom stereocenters. The van der Waals surface area contributed by atoms with Crippen molar-refractivity contribution in [1.82, 2.24) is 15.1 Å². The Morgan fingerprint density at radius 2 is 1.90 bits per heavy atom. The first kappa shape index (κ1) is 20.5. The number of ether oxygens (including phenoxy) is 1. The second kappa shape index (κ2) is 8.42. The molecule has 0 aliphatic carbocycles. The average molecular weight is 401 g/mol. The van der Waals surface area contributed by atoms with Crippen LogP contribution in [0.25, 0.3) is 0 Å². The van der Waals surface area contributed by atoms with E-state index in [4.69, 9.17) is 4.74 Å². The second-order valence-corrected chi connectivity index (χ2v) is 7.34. The second-order valence-electron chi connectivity index (χ2n) is 7.34. The number of esters is 1. The van der Waals surface area contributed by atoms with Crippen molar-refractivity contribution in [2.45, 2.75) is 38.1 Å². The maximum absolute atomic E-state index is 12.7. The first-order valence-corrected chi connectivity index (χ1v) is 9.47. The van der Waals surface area contributed by atoms with E-state index in [-0.39, 0.29) is 5.91 Å². The number of nitrogens with one attached hydrogen (secondary N) is 1. The number of imide groups is 2. The number of hydrogen-bond donors (Lipinski definition) is 1. The fourth-order valence-electron chi connectivity index (χ4n) is 3.41. The molecule has 5 amide bonds. The van der Waals surface area contributed by atoms with Gasteiger partial charge in [-0.05, 0) is 31.7 Å². The molecule has 154 valence electrons. The van der Waals surface area contributed by atoms with Crippen molar-refractivity contribution in [2.24, 2.45) is 0 Å². The summed E-state index contributed by atoms with van der Waals surface area (Å²) in [7, 11) is 0. The van der Waals surface area contributed by atoms with E-state index in [9.17, 15) is 24.0 Å². The van der Waals surface area contributed by atoms with E-state index in [1.54, 1.807) is 6.92 Å². The molecule has 0 bridgehead atoms. The summed E-state index contributed by atoms with van der Waals surface area (Å²) in [5, 5.41) is 2.63. The lowest BCUT2D eigenvalue weighted by atomic mass is 9.93. The van der Waals surface area contributed by atoms with Gasteiger partial charge in [-0.15, -0.1) is 0 Å². The number of likely N-dealkylation sites (tertiary alicyclic amines) is 1. The van der Waals surface area contributed by atoms with Crippen molar-refractivity contribution < 1.29 is 28.7 Å². The highest BCUT2D eigenvalue weighted by Gasteiger charge is 2.48. The SMILES string of the molecule is C[C@@]1(CCc2ccccc2)NC(=O)N(CC(=O)OCC(=O)N2CCCC2=O)C1=O. The smallest absolute Gasteiger partial charge is 0.326 e. The molecule has 29 heavy (non-hydrogen) atoms. The zero-order valence-electron chi connectivity index (χ0n) is 16.2. The minimum Gasteiger partial charge on any atom is -0.454 e. The van der Waals surface area contributed by atoms with E-state index in [1.807, 2.05) is 30.3 Å². The number of urea groups is 1. The summed E-state index contributed by atoms with van der Waals surface area (Å²) >= 11 is 0. The Morgan fingerprint density at radius 1 is 1.17 bits per heavy atom. The maximum Gasteiger partial charge on any atom is 0.326 e. The van der Waals surface area contributed by atoms with Gasteiger partial charge in [-0.2, -0.15) is 0 Å². The Kier molecular flexibility index (Phi) is 5.95. The topological polar surface area (TPSA) is 113 Å². The van der Waals surface area contributed by atoms with Gasteiger partial charge in [0.05, 0.1) is 0 Å². The van der Waals surface area contributed by atoms with Crippen LogP contribution >= 0.6 is 0 Å². The van der Waals surface area contributed by atoms with Crippen LogP contribution in [-0.4, -0.2) is 64.8 Å². The highest BCUT2D eigenvalue weighted by atomic mass is 16.5. The number of benzene rings is 1. The third-order valence-corrected chi connectivity index (χ3v) is 5.12. The quantitative estimate of drug-likeness (QED) is 0.529. The molecule has 2 fully saturated rings. The van der Waals surface area contributed by atoms with Crippen LogP contribution in [-0.2, 0) is 30.3 Å². The summed E-state index contributed by atoms with van der Waals surface area (Å²) in [6, 6.07) is 8.87. The van der Waals surface area contributed by atoms with Crippen LogP contribution in [0.15, 0.2) is 30.3 Å². The first-order valence-electron chi connectivity index (χ1n) is 9.47. The number of carbonyl (C=O) groups excluding carboxylic acids is 5. The standard InChI is InChI=1S/C20H23N3O6/c1-20(10-9-14-6-3-2-4-7-14)18(27)23(19(28)21-20)12-17(26)29-13-16(25)22-11-5-8-15(22)24/h2-4,6-7H,5,8-13H2,1H3,(H,21,28)/t20-/m0/s1. The molecule has 3 rings (SSSR count). The molecule has 1 aromatic carbocycles. The summed E-state index contributed by atoms with van der Waals surface area (Å²) in [5.41, 5.74) is -0.0889. The fourth-order valence-corrected chi connectivity index (χ4v) is 3.41. The molecule has 0 radical (unpaired) electrons. The van der Waals surface area contributed by atoms with Crippen LogP contribution in [0.3, 0.4) is 0 Å². The van der Waals surface area contributed by atoms with Gasteiger partial charge in [0.1, 0.15) is 12.1 Å². The lowest BCUT2D eigenvalue weighted by molar-refractivity contribution is -0.155. The maximum atomic E-state index is 12.7. The lowest BCUT2D eigenvalue weighted by Gasteiger charge is -2.21. The third kappa shape index (κ3) is 4.61. The number of hydrogen-bond acceptors (Lipinski definition) is 6. The van der Waals surface area contributed by atoms with Gasteiger partial charge >= 0.3 is 12.0 Å². The van der Waals surface area contributed by atoms with Gasteiger partial charge in [0.15, 0.2) is 6.61 Å². The van der Waals surface area contributed by atoms with Crippen LogP contribution in [0, 0.1) is 0 Å². The van der Waals surface area contributed by atoms with Gasteiger partial charge in [-0.25, -0.2) is 4.79 Å². The van der Waals surface area contributed by atoms with E-state index < -0.39 is 42.5 Å². The van der Waals surface area contributed by atoms with E-state index in [2.05, 4.69) is 5.32 Å². The first-order chi connectivity index (χ1) is 13.8. The Balaban J connectivity index is 1.51. The van der Waals surface area contributed by atoms with Crippen LogP contribution in [0.2, 0.25) is 0 Å². The number of rotatable bonds is 7. The largest absolute Gasteiger partial charge is 0.454 e. The van der Waals surface area contributed by atoms with Crippen molar-refractivity contribution in [3.05, 3.63) is 35.9 Å². The summed E-state index contributed by atoms with van der Waals surface area (Å²) < 4.78 is 4.86. The number of nitrogens with zero attached hydrogens (tertiary/aromatic N) is 2. The average Bonchev–Trinajstić information content (AvgIpc) is 3.22. The normalized spacial score (nSPS) is 21.5. The third-order valence-electron chi connectivity index (χ3n) is 5.12. The van der Waals surface area contributed by atoms with Gasteiger partial charge < -0.3 is 10.1 Å². The highest BCUT2D eigenvalue weighted by molar-refractivity contribution is 6.08. The molecular formula is C20H23N3O6. The molecule has 1 N–H and O–H groups in total. The Labute approximate surface area is 168 Å². The van der Waals surface area contributed by atoms with Gasteiger partial charge in [0.2, 0.25) is 5.91 Å². The van der Waals surface area contributed by atoms with Crippen LogP contribution < -0.4 is 5.32 Å². The van der Waals surface area contributed by atoms with E-state index >= 15 is 0 Å². The van der Waals surface area contributed by atoms with Gasteiger partial charge in [0.25, 0.3) is 11.8 Å². The van der Waals surface area contributed by atoms with Gasteiger partial charge in [-0.3, -0.25) is 29.0 Å². The fraction of sp³-hybridized carbons (Fsp3) is 0.450. The molecule has 2 saturated heterocycles. The Bertz CT molecular complexity index is 840. The van der Waals surface area contributed by atoms with Crippen molar-refractivity contribution in [3.63, 3.8) is 0 Å². The van der Waals surface area contributed by atoms with Gasteiger partial charge in [0, 0.05) is 13.0 Å². The highest BCUT2D eigenvalue weighted by Crippen LogP contribution is 2.23. The molecule has 9 nitrogen and oxygen atoms in total. The molecule has 2 aliphatic rings. The molecule has 0 unspecified atom stereocenters. The summed E-state index contributed by atoms with van der Waals surface area (Å²) in [5.74, 6) is -2.31. The Hall–Kier alpha value is -3.23. The van der Waals surface area contributed by atoms with Gasteiger partial charge in [-0.1, -0.05) is 30.3 Å². The number of aryl methyl sites for hydroxylation is 1. The lowest BCUT2D eigenvalue weighted by Crippen LogP contribution is -2.45. The minimum absolute atomic E-state index is 0.295. The Morgan fingerprint density at radius 3 is 2.55 bits per heavy atom. The van der Waals surface area contributed by atoms with Crippen LogP contribution in [0.5, 0.6) is 0 Å². The molecule has 0 aromatic heterocycles. The van der Waals surface area contributed by atoms with E-state index in [0.29, 0.717) is 32.2 Å². The zero-order valence-corrected chi connectivity index (χ0v) is 16.2. The monoisotopic (exact) mass is 401 g/mol. The molecular weight excluding hydrogens is 378 g/mol. The van der Waals surface area contributed by atoms with Crippen molar-refractivity contribution in [3.8, 4) is 0 Å². The van der Waals surface area contributed by atoms with Crippen LogP contribution in [0.1, 0.15) is 31.7 Å². The van der Waals surface area contributed by atoms with Crippen molar-refractivity contribution in [1.29, 1.82) is 0 Å². The molecule has 2 aliphatic heterocycles. The molecule has 1 aromatic rings. The molecule has 0 saturated carbocycles. The number of amides is 5. The minimum atomic E-state index is -1.12. The predicted octanol–water partition coefficient (Wildman–Crippen LogP) is 0.622. The van der Waals surface area contributed by atoms with Crippen molar-refractivity contribution >= 4 is 29.7 Å². The van der Waals surface area contributed by atoms with Crippen molar-refractivity contribution in [2.75, 3.05) is 19.7 Å².